The molecule has 0 aliphatic carbocycles. The second-order valence-electron chi connectivity index (χ2n) is 4.86. The van der Waals surface area contributed by atoms with Gasteiger partial charge < -0.3 is 19.7 Å². The third-order valence-corrected chi connectivity index (χ3v) is 2.66. The molecule has 0 spiro atoms. The van der Waals surface area contributed by atoms with Gasteiger partial charge in [-0.05, 0) is 26.7 Å². The van der Waals surface area contributed by atoms with Gasteiger partial charge in [0.1, 0.15) is 6.61 Å². The number of aromatic nitrogens is 2. The highest BCUT2D eigenvalue weighted by atomic mass is 16.5. The summed E-state index contributed by atoms with van der Waals surface area (Å²) in [6, 6.07) is 0. The van der Waals surface area contributed by atoms with E-state index in [0.29, 0.717) is 18.3 Å². The summed E-state index contributed by atoms with van der Waals surface area (Å²) in [5.74, 6) is 0.980. The fraction of sp³-hybridized carbons (Fsp3) is 0.818. The molecule has 0 aromatic carbocycles. The van der Waals surface area contributed by atoms with Gasteiger partial charge in [-0.25, -0.2) is 0 Å². The van der Waals surface area contributed by atoms with Gasteiger partial charge in [0, 0.05) is 13.2 Å². The number of rotatable bonds is 4. The van der Waals surface area contributed by atoms with Crippen molar-refractivity contribution < 1.29 is 14.0 Å². The van der Waals surface area contributed by atoms with Crippen LogP contribution in [0.25, 0.3) is 0 Å². The van der Waals surface area contributed by atoms with Gasteiger partial charge in [0.25, 0.3) is 5.89 Å². The zero-order chi connectivity index (χ0) is 12.3. The Bertz CT molecular complexity index is 353. The van der Waals surface area contributed by atoms with Crippen LogP contribution in [0.2, 0.25) is 0 Å². The maximum absolute atomic E-state index is 5.87. The summed E-state index contributed by atoms with van der Waals surface area (Å²) >= 11 is 0. The van der Waals surface area contributed by atoms with E-state index in [0.717, 1.165) is 26.1 Å². The Balaban J connectivity index is 1.84. The van der Waals surface area contributed by atoms with Crippen LogP contribution >= 0.6 is 0 Å². The second-order valence-corrected chi connectivity index (χ2v) is 4.86. The third-order valence-electron chi connectivity index (χ3n) is 2.66. The van der Waals surface area contributed by atoms with E-state index in [9.17, 15) is 0 Å². The van der Waals surface area contributed by atoms with E-state index in [1.165, 1.54) is 0 Å². The highest BCUT2D eigenvalue weighted by molar-refractivity contribution is 4.98. The predicted octanol–water partition coefficient (Wildman–Crippen LogP) is 0.959. The summed E-state index contributed by atoms with van der Waals surface area (Å²) in [6.07, 6.45) is 2.07. The molecule has 1 aliphatic rings. The van der Waals surface area contributed by atoms with Crippen LogP contribution in [-0.2, 0) is 21.6 Å². The molecule has 96 valence electrons. The molecular weight excluding hydrogens is 222 g/mol. The minimum absolute atomic E-state index is 0.227. The second kappa shape index (κ2) is 5.12. The van der Waals surface area contributed by atoms with Gasteiger partial charge in [0.05, 0.1) is 11.6 Å². The average Bonchev–Trinajstić information content (AvgIpc) is 2.76. The highest BCUT2D eigenvalue weighted by Gasteiger charge is 2.22. The zero-order valence-electron chi connectivity index (χ0n) is 10.3. The highest BCUT2D eigenvalue weighted by Crippen LogP contribution is 2.15. The number of nitrogens with zero attached hydrogens (tertiary/aromatic N) is 2. The fourth-order valence-electron chi connectivity index (χ4n) is 1.61. The molecule has 1 fully saturated rings. The standard InChI is InChI=1S/C11H19N3O3/c1-11(2,12)10-13-9(17-14-10)7-16-8-3-5-15-6-4-8/h8H,3-7,12H2,1-2H3. The first-order valence-corrected chi connectivity index (χ1v) is 5.87. The van der Waals surface area contributed by atoms with Gasteiger partial charge in [0.2, 0.25) is 0 Å². The smallest absolute Gasteiger partial charge is 0.252 e. The lowest BCUT2D eigenvalue weighted by molar-refractivity contribution is -0.0455. The Kier molecular flexibility index (Phi) is 3.76. The molecule has 2 heterocycles. The van der Waals surface area contributed by atoms with Gasteiger partial charge in [-0.3, -0.25) is 0 Å². The molecule has 1 aliphatic heterocycles. The molecule has 0 bridgehead atoms. The number of nitrogens with two attached hydrogens (primary N) is 1. The van der Waals surface area contributed by atoms with Gasteiger partial charge in [-0.15, -0.1) is 0 Å². The Hall–Kier alpha value is -0.980. The minimum atomic E-state index is -0.583. The minimum Gasteiger partial charge on any atom is -0.381 e. The molecule has 1 saturated heterocycles. The van der Waals surface area contributed by atoms with Crippen LogP contribution in [0.5, 0.6) is 0 Å². The maximum atomic E-state index is 5.87. The Morgan fingerprint density at radius 2 is 2.12 bits per heavy atom. The molecule has 2 rings (SSSR count). The first kappa shape index (κ1) is 12.5. The fourth-order valence-corrected chi connectivity index (χ4v) is 1.61. The van der Waals surface area contributed by atoms with E-state index < -0.39 is 5.54 Å². The van der Waals surface area contributed by atoms with Crippen LogP contribution < -0.4 is 5.73 Å². The van der Waals surface area contributed by atoms with Crippen LogP contribution in [-0.4, -0.2) is 29.5 Å². The summed E-state index contributed by atoms with van der Waals surface area (Å²) in [5, 5.41) is 3.84. The van der Waals surface area contributed by atoms with Crippen molar-refractivity contribution in [1.29, 1.82) is 0 Å². The molecule has 0 atom stereocenters. The zero-order valence-corrected chi connectivity index (χ0v) is 10.3. The Morgan fingerprint density at radius 1 is 1.41 bits per heavy atom. The van der Waals surface area contributed by atoms with E-state index in [1.807, 2.05) is 13.8 Å². The van der Waals surface area contributed by atoms with Crippen molar-refractivity contribution in [1.82, 2.24) is 10.1 Å². The molecule has 1 aromatic heterocycles. The quantitative estimate of drug-likeness (QED) is 0.845. The normalized spacial score (nSPS) is 18.5. The van der Waals surface area contributed by atoms with Crippen LogP contribution in [0, 0.1) is 0 Å². The topological polar surface area (TPSA) is 83.4 Å². The van der Waals surface area contributed by atoms with Crippen molar-refractivity contribution in [2.75, 3.05) is 13.2 Å². The van der Waals surface area contributed by atoms with Crippen LogP contribution in [0.3, 0.4) is 0 Å². The van der Waals surface area contributed by atoms with E-state index in [2.05, 4.69) is 10.1 Å². The van der Waals surface area contributed by atoms with E-state index >= 15 is 0 Å². The van der Waals surface area contributed by atoms with Crippen LogP contribution in [0.4, 0.5) is 0 Å². The van der Waals surface area contributed by atoms with Crippen molar-refractivity contribution in [3.05, 3.63) is 11.7 Å². The summed E-state index contributed by atoms with van der Waals surface area (Å²) in [6.45, 7) is 5.53. The average molecular weight is 241 g/mol. The summed E-state index contributed by atoms with van der Waals surface area (Å²) in [4.78, 5) is 4.21. The van der Waals surface area contributed by atoms with Gasteiger partial charge in [0.15, 0.2) is 5.82 Å². The molecule has 6 heteroatoms. The largest absolute Gasteiger partial charge is 0.381 e. The van der Waals surface area contributed by atoms with Crippen molar-refractivity contribution in [3.8, 4) is 0 Å². The first-order valence-electron chi connectivity index (χ1n) is 5.87. The molecule has 2 N–H and O–H groups in total. The molecule has 0 radical (unpaired) electrons. The monoisotopic (exact) mass is 241 g/mol. The van der Waals surface area contributed by atoms with Crippen molar-refractivity contribution >= 4 is 0 Å². The molecule has 6 nitrogen and oxygen atoms in total. The molecule has 1 aromatic rings. The lowest BCUT2D eigenvalue weighted by Crippen LogP contribution is -2.30. The van der Waals surface area contributed by atoms with Crippen molar-refractivity contribution in [3.63, 3.8) is 0 Å². The SMILES string of the molecule is CC(C)(N)c1noc(COC2CCOCC2)n1. The number of hydrogen-bond donors (Lipinski definition) is 1. The van der Waals surface area contributed by atoms with Crippen LogP contribution in [0.15, 0.2) is 4.52 Å². The molecule has 0 unspecified atom stereocenters. The lowest BCUT2D eigenvalue weighted by Gasteiger charge is -2.21. The predicted molar refractivity (Wildman–Crippen MR) is 60.1 cm³/mol. The third kappa shape index (κ3) is 3.49. The maximum Gasteiger partial charge on any atom is 0.252 e. The summed E-state index contributed by atoms with van der Waals surface area (Å²) in [5.41, 5.74) is 5.28. The van der Waals surface area contributed by atoms with E-state index in [1.54, 1.807) is 0 Å². The Labute approximate surface area is 100 Å². The van der Waals surface area contributed by atoms with Crippen molar-refractivity contribution in [2.24, 2.45) is 5.73 Å². The van der Waals surface area contributed by atoms with Gasteiger partial charge >= 0.3 is 0 Å². The van der Waals surface area contributed by atoms with Gasteiger partial charge in [-0.1, -0.05) is 5.16 Å². The summed E-state index contributed by atoms with van der Waals surface area (Å²) in [7, 11) is 0. The Morgan fingerprint density at radius 3 is 2.71 bits per heavy atom. The lowest BCUT2D eigenvalue weighted by atomic mass is 10.1. The molecule has 0 amide bonds. The first-order chi connectivity index (χ1) is 8.05. The van der Waals surface area contributed by atoms with Crippen LogP contribution in [0.1, 0.15) is 38.4 Å². The van der Waals surface area contributed by atoms with Crippen molar-refractivity contribution in [2.45, 2.75) is 44.9 Å². The van der Waals surface area contributed by atoms with E-state index in [4.69, 9.17) is 19.7 Å². The molecule has 17 heavy (non-hydrogen) atoms. The molecular formula is C11H19N3O3. The van der Waals surface area contributed by atoms with Gasteiger partial charge in [-0.2, -0.15) is 4.98 Å². The van der Waals surface area contributed by atoms with E-state index in [-0.39, 0.29) is 6.10 Å². The summed E-state index contributed by atoms with van der Waals surface area (Å²) < 4.78 is 16.0. The molecule has 0 saturated carbocycles. The number of ether oxygens (including phenoxy) is 2. The number of hydrogen-bond acceptors (Lipinski definition) is 6.